The number of rotatable bonds is 34. The molecule has 1 aliphatic heterocycles. The zero-order valence-corrected chi connectivity index (χ0v) is 34.6. The van der Waals surface area contributed by atoms with Crippen molar-refractivity contribution in [1.82, 2.24) is 0 Å². The van der Waals surface area contributed by atoms with Crippen LogP contribution in [0.3, 0.4) is 0 Å². The maximum atomic E-state index is 12.8. The predicted molar refractivity (Wildman–Crippen MR) is 228 cm³/mol. The Morgan fingerprint density at radius 3 is 1.54 bits per heavy atom. The van der Waals surface area contributed by atoms with E-state index in [0.717, 1.165) is 103 Å². The highest BCUT2D eigenvalue weighted by molar-refractivity contribution is 5.69. The normalized spacial score (nSPS) is 21.6. The Kier molecular flexibility index (Phi) is 34.4. The maximum Gasteiger partial charge on any atom is 0.306 e. The van der Waals surface area contributed by atoms with Crippen LogP contribution in [0.15, 0.2) is 97.2 Å². The Hall–Kier alpha value is -2.89. The number of hydrogen-bond acceptors (Lipinski definition) is 9. The van der Waals surface area contributed by atoms with Crippen LogP contribution in [0.4, 0.5) is 0 Å². The number of carbonyl (C=O) groups is 1. The van der Waals surface area contributed by atoms with E-state index in [4.69, 9.17) is 18.9 Å². The third-order valence-electron chi connectivity index (χ3n) is 9.00. The fraction of sp³-hybridized carbons (Fsp3) is 0.638. The molecule has 4 N–H and O–H groups in total. The molecule has 1 aliphatic rings. The summed E-state index contributed by atoms with van der Waals surface area (Å²) in [6.07, 6.45) is 44.3. The first kappa shape index (κ1) is 51.1. The molecule has 6 atom stereocenters. The number of hydrogen-bond donors (Lipinski definition) is 4. The molecule has 56 heavy (non-hydrogen) atoms. The highest BCUT2D eigenvalue weighted by Gasteiger charge is 2.44. The zero-order chi connectivity index (χ0) is 40.7. The highest BCUT2D eigenvalue weighted by Crippen LogP contribution is 2.22. The molecule has 0 aromatic rings. The van der Waals surface area contributed by atoms with Crippen molar-refractivity contribution in [2.24, 2.45) is 0 Å². The number of unbranched alkanes of at least 4 members (excludes halogenated alkanes) is 7. The number of esters is 1. The van der Waals surface area contributed by atoms with E-state index in [-0.39, 0.29) is 25.6 Å². The van der Waals surface area contributed by atoms with Gasteiger partial charge < -0.3 is 39.4 Å². The molecule has 0 saturated carbocycles. The maximum absolute atomic E-state index is 12.8. The highest BCUT2D eigenvalue weighted by atomic mass is 16.7. The van der Waals surface area contributed by atoms with Gasteiger partial charge in [0.1, 0.15) is 30.5 Å². The lowest BCUT2D eigenvalue weighted by Gasteiger charge is -2.39. The van der Waals surface area contributed by atoms with Crippen molar-refractivity contribution in [2.75, 3.05) is 26.4 Å². The molecular weight excluding hydrogens is 709 g/mol. The quantitative estimate of drug-likeness (QED) is 0.0286. The molecule has 6 unspecified atom stereocenters. The average molecular weight is 785 g/mol. The van der Waals surface area contributed by atoms with Gasteiger partial charge in [0.2, 0.25) is 0 Å². The average Bonchev–Trinajstić information content (AvgIpc) is 3.20. The monoisotopic (exact) mass is 785 g/mol. The van der Waals surface area contributed by atoms with Gasteiger partial charge in [0.15, 0.2) is 6.29 Å². The lowest BCUT2D eigenvalue weighted by Crippen LogP contribution is -2.59. The van der Waals surface area contributed by atoms with Crippen molar-refractivity contribution >= 4 is 5.97 Å². The number of allylic oxidation sites excluding steroid dienone is 16. The summed E-state index contributed by atoms with van der Waals surface area (Å²) in [5.74, 6) is -0.354. The number of aliphatic hydroxyl groups is 4. The second kappa shape index (κ2) is 37.7. The van der Waals surface area contributed by atoms with Crippen molar-refractivity contribution in [3.05, 3.63) is 97.2 Å². The zero-order valence-electron chi connectivity index (χ0n) is 34.6. The van der Waals surface area contributed by atoms with Crippen LogP contribution in [0.5, 0.6) is 0 Å². The number of ether oxygens (including phenoxy) is 4. The first-order valence-corrected chi connectivity index (χ1v) is 21.3. The molecule has 0 spiro atoms. The molecule has 9 heteroatoms. The third-order valence-corrected chi connectivity index (χ3v) is 9.00. The van der Waals surface area contributed by atoms with Crippen LogP contribution in [0.2, 0.25) is 0 Å². The lowest BCUT2D eigenvalue weighted by atomic mass is 9.99. The molecule has 0 radical (unpaired) electrons. The van der Waals surface area contributed by atoms with Crippen LogP contribution in [0, 0.1) is 0 Å². The second-order valence-electron chi connectivity index (χ2n) is 14.0. The van der Waals surface area contributed by atoms with Crippen molar-refractivity contribution in [1.29, 1.82) is 0 Å². The van der Waals surface area contributed by atoms with Crippen LogP contribution in [0.25, 0.3) is 0 Å². The van der Waals surface area contributed by atoms with Crippen LogP contribution in [-0.4, -0.2) is 89.6 Å². The molecule has 0 aromatic heterocycles. The molecule has 1 saturated heterocycles. The molecular formula is C47H76O9. The van der Waals surface area contributed by atoms with Gasteiger partial charge in [-0.3, -0.25) is 4.79 Å². The molecule has 1 fully saturated rings. The SMILES string of the molecule is CC/C=C\C/C=C\C/C=C\C/C=C\CCCCCCC(=O)OC(COCCCCC/C=C\C/C=C\C/C=C\C/C=C\CC)COC1OC(CO)C(O)C(O)C1O. The van der Waals surface area contributed by atoms with Gasteiger partial charge in [0.25, 0.3) is 0 Å². The van der Waals surface area contributed by atoms with Gasteiger partial charge in [-0.05, 0) is 89.9 Å². The van der Waals surface area contributed by atoms with Crippen molar-refractivity contribution < 1.29 is 44.2 Å². The molecule has 1 heterocycles. The minimum absolute atomic E-state index is 0.106. The third kappa shape index (κ3) is 28.5. The molecule has 0 bridgehead atoms. The van der Waals surface area contributed by atoms with Crippen LogP contribution < -0.4 is 0 Å². The van der Waals surface area contributed by atoms with E-state index in [9.17, 15) is 25.2 Å². The first-order chi connectivity index (χ1) is 27.4. The minimum atomic E-state index is -1.55. The van der Waals surface area contributed by atoms with Gasteiger partial charge in [-0.2, -0.15) is 0 Å². The topological polar surface area (TPSA) is 135 Å². The summed E-state index contributed by atoms with van der Waals surface area (Å²) in [6.45, 7) is 4.19. The Bertz CT molecular complexity index is 1170. The van der Waals surface area contributed by atoms with Crippen molar-refractivity contribution in [3.8, 4) is 0 Å². The van der Waals surface area contributed by atoms with Crippen LogP contribution >= 0.6 is 0 Å². The van der Waals surface area contributed by atoms with Gasteiger partial charge in [-0.1, -0.05) is 130 Å². The molecule has 0 aromatic carbocycles. The van der Waals surface area contributed by atoms with E-state index in [1.165, 1.54) is 0 Å². The number of aliphatic hydroxyl groups excluding tert-OH is 4. The predicted octanol–water partition coefficient (Wildman–Crippen LogP) is 9.24. The summed E-state index contributed by atoms with van der Waals surface area (Å²) in [5, 5.41) is 40.1. The Morgan fingerprint density at radius 1 is 0.571 bits per heavy atom. The van der Waals surface area contributed by atoms with Crippen molar-refractivity contribution in [3.63, 3.8) is 0 Å². The van der Waals surface area contributed by atoms with Gasteiger partial charge in [0.05, 0.1) is 19.8 Å². The standard InChI is InChI=1S/C47H76O9/c1-3-5-7-9-11-13-15-17-19-21-22-24-26-28-30-32-34-36-43(49)55-41(40-54-47-46(52)45(51)44(50)42(38-48)56-47)39-53-37-35-33-31-29-27-25-23-20-18-16-14-12-10-8-6-4-2/h5-8,11-14,17-20,22,24-25,27,41-42,44-48,50-52H,3-4,9-10,15-16,21,23,26,28-40H2,1-2H3/b7-5-,8-6-,13-11-,14-12-,19-17-,20-18-,24-22-,27-25-. The van der Waals surface area contributed by atoms with Gasteiger partial charge >= 0.3 is 5.97 Å². The summed E-state index contributed by atoms with van der Waals surface area (Å²) >= 11 is 0. The van der Waals surface area contributed by atoms with Crippen LogP contribution in [0.1, 0.15) is 129 Å². The number of carbonyl (C=O) groups excluding carboxylic acids is 1. The smallest absolute Gasteiger partial charge is 0.306 e. The largest absolute Gasteiger partial charge is 0.457 e. The van der Waals surface area contributed by atoms with Gasteiger partial charge in [-0.15, -0.1) is 0 Å². The van der Waals surface area contributed by atoms with E-state index in [1.807, 2.05) is 0 Å². The fourth-order valence-corrected chi connectivity index (χ4v) is 5.71. The van der Waals surface area contributed by atoms with E-state index in [1.54, 1.807) is 0 Å². The first-order valence-electron chi connectivity index (χ1n) is 21.3. The summed E-state index contributed by atoms with van der Waals surface area (Å²) in [7, 11) is 0. The van der Waals surface area contributed by atoms with Gasteiger partial charge in [-0.25, -0.2) is 0 Å². The molecule has 318 valence electrons. The van der Waals surface area contributed by atoms with Crippen molar-refractivity contribution in [2.45, 2.75) is 166 Å². The molecule has 0 amide bonds. The Morgan fingerprint density at radius 2 is 1.04 bits per heavy atom. The summed E-state index contributed by atoms with van der Waals surface area (Å²) in [6, 6.07) is 0. The summed E-state index contributed by atoms with van der Waals surface area (Å²) in [4.78, 5) is 12.8. The molecule has 1 rings (SSSR count). The van der Waals surface area contributed by atoms with E-state index < -0.39 is 43.4 Å². The summed E-state index contributed by atoms with van der Waals surface area (Å²) < 4.78 is 22.7. The lowest BCUT2D eigenvalue weighted by molar-refractivity contribution is -0.305. The second-order valence-corrected chi connectivity index (χ2v) is 14.0. The fourth-order valence-electron chi connectivity index (χ4n) is 5.71. The Balaban J connectivity index is 2.35. The Labute approximate surface area is 339 Å². The van der Waals surface area contributed by atoms with E-state index in [0.29, 0.717) is 13.0 Å². The van der Waals surface area contributed by atoms with E-state index >= 15 is 0 Å². The minimum Gasteiger partial charge on any atom is -0.457 e. The van der Waals surface area contributed by atoms with E-state index in [2.05, 4.69) is 111 Å². The van der Waals surface area contributed by atoms with Crippen LogP contribution in [-0.2, 0) is 23.7 Å². The molecule has 9 nitrogen and oxygen atoms in total. The molecule has 0 aliphatic carbocycles. The van der Waals surface area contributed by atoms with Gasteiger partial charge in [0, 0.05) is 13.0 Å². The summed E-state index contributed by atoms with van der Waals surface area (Å²) in [5.41, 5.74) is 0.